The summed E-state index contributed by atoms with van der Waals surface area (Å²) in [6.07, 6.45) is -6.09. The Kier molecular flexibility index (Phi) is 10.8. The molecule has 1 saturated heterocycles. The number of anilines is 1. The Hall–Kier alpha value is -4.43. The molecule has 0 bridgehead atoms. The first-order valence-corrected chi connectivity index (χ1v) is 14.0. The van der Waals surface area contributed by atoms with E-state index in [0.29, 0.717) is 4.68 Å². The van der Waals surface area contributed by atoms with Crippen molar-refractivity contribution >= 4 is 34.0 Å². The average molecular weight is 651 g/mol. The van der Waals surface area contributed by atoms with Crippen molar-refractivity contribution in [1.82, 2.24) is 28.5 Å². The van der Waals surface area contributed by atoms with Crippen LogP contribution in [0.15, 0.2) is 41.6 Å². The molecule has 4 rings (SSSR count). The highest BCUT2D eigenvalue weighted by molar-refractivity contribution is 7.89. The third-order valence-electron chi connectivity index (χ3n) is 6.34. The minimum absolute atomic E-state index is 0.0473. The quantitative estimate of drug-likeness (QED) is 0.239. The van der Waals surface area contributed by atoms with E-state index < -0.39 is 46.3 Å². The van der Waals surface area contributed by atoms with Crippen LogP contribution in [0.3, 0.4) is 0 Å². The number of nitrogens with two attached hydrogens (primary N) is 1. The van der Waals surface area contributed by atoms with Gasteiger partial charge in [0.2, 0.25) is 15.9 Å². The van der Waals surface area contributed by atoms with E-state index in [9.17, 15) is 40.0 Å². The molecule has 20 heteroatoms. The van der Waals surface area contributed by atoms with Gasteiger partial charge in [-0.3, -0.25) is 19.1 Å². The number of carbonyl (C=O) groups is 3. The number of rotatable bonds is 8. The van der Waals surface area contributed by atoms with E-state index in [1.54, 1.807) is 0 Å². The summed E-state index contributed by atoms with van der Waals surface area (Å²) in [4.78, 5) is 38.2. The number of hydrogen-bond acceptors (Lipinski definition) is 8. The number of sulfonamides is 1. The third kappa shape index (κ3) is 7.74. The number of aromatic nitrogens is 4. The number of hydrogen-bond donors (Lipinski definition) is 3. The van der Waals surface area contributed by atoms with Crippen LogP contribution < -0.4 is 11.1 Å². The number of halogens is 5. The molecule has 3 aromatic rings. The van der Waals surface area contributed by atoms with E-state index in [1.807, 2.05) is 0 Å². The van der Waals surface area contributed by atoms with E-state index in [4.69, 9.17) is 15.6 Å². The largest absolute Gasteiger partial charge is 0.483 e. The molecule has 0 saturated carbocycles. The minimum atomic E-state index is -4.95. The van der Waals surface area contributed by atoms with Crippen molar-refractivity contribution in [3.8, 4) is 11.3 Å². The lowest BCUT2D eigenvalue weighted by Gasteiger charge is -2.33. The lowest BCUT2D eigenvalue weighted by atomic mass is 10.2. The van der Waals surface area contributed by atoms with Crippen molar-refractivity contribution < 1.29 is 49.9 Å². The van der Waals surface area contributed by atoms with Crippen LogP contribution in [0.25, 0.3) is 11.3 Å². The summed E-state index contributed by atoms with van der Waals surface area (Å²) in [5, 5.41) is 12.6. The number of piperazine rings is 1. The predicted molar refractivity (Wildman–Crippen MR) is 143 cm³/mol. The third-order valence-corrected chi connectivity index (χ3v) is 8.25. The van der Waals surface area contributed by atoms with E-state index in [0.717, 1.165) is 17.0 Å². The smallest absolute Gasteiger partial charge is 0.435 e. The number of carboxylic acid groups (broad SMARTS) is 1. The number of nitrogens with one attached hydrogen (secondary N) is 1. The molecule has 14 nitrogen and oxygen atoms in total. The molecule has 0 spiro atoms. The summed E-state index contributed by atoms with van der Waals surface area (Å²) in [7, 11) is -2.61. The molecular formula is C24H27F5N8O6S. The van der Waals surface area contributed by atoms with Gasteiger partial charge >= 0.3 is 6.18 Å². The van der Waals surface area contributed by atoms with Gasteiger partial charge in [-0.15, -0.1) is 0 Å². The topological polar surface area (TPSA) is 186 Å². The number of carbonyl (C=O) groups excluding carboxylic acids is 2. The van der Waals surface area contributed by atoms with Crippen molar-refractivity contribution in [3.63, 3.8) is 0 Å². The van der Waals surface area contributed by atoms with Crippen LogP contribution >= 0.6 is 0 Å². The Bertz CT molecular complexity index is 1580. The van der Waals surface area contributed by atoms with Crippen molar-refractivity contribution in [2.24, 2.45) is 12.8 Å². The molecule has 1 aliphatic rings. The molecule has 0 unspecified atom stereocenters. The van der Waals surface area contributed by atoms with Crippen molar-refractivity contribution in [1.29, 1.82) is 0 Å². The highest BCUT2D eigenvalue weighted by Gasteiger charge is 2.39. The van der Waals surface area contributed by atoms with Gasteiger partial charge in [0.1, 0.15) is 6.54 Å². The highest BCUT2D eigenvalue weighted by atomic mass is 32.2. The first kappa shape index (κ1) is 34.1. The molecule has 1 aliphatic heterocycles. The number of alkyl halides is 5. The normalized spacial score (nSPS) is 14.2. The van der Waals surface area contributed by atoms with Crippen molar-refractivity contribution in [2.75, 3.05) is 38.0 Å². The standard InChI is InChI=1S/C23H25F5N8O4S.CH2O2/c1-33-17(16-12-35(13-18(24)25)32-20(16)23(26,27)28)11-30-21(33)22(38)31-14-2-4-15(5-3-14)41(39,40)36-8-6-34(7-9-36)19(37)10-29;2-1-3/h2-5,11-12,18H,6-10,13,29H2,1H3,(H,31,38);1H,(H,2,3). The van der Waals surface area contributed by atoms with Gasteiger partial charge in [0.15, 0.2) is 11.5 Å². The number of benzene rings is 1. The first-order valence-electron chi connectivity index (χ1n) is 12.6. The monoisotopic (exact) mass is 650 g/mol. The predicted octanol–water partition coefficient (Wildman–Crippen LogP) is 1.31. The Morgan fingerprint density at radius 3 is 2.25 bits per heavy atom. The van der Waals surface area contributed by atoms with Crippen molar-refractivity contribution in [2.45, 2.75) is 24.0 Å². The van der Waals surface area contributed by atoms with Gasteiger partial charge in [-0.05, 0) is 24.3 Å². The molecule has 0 atom stereocenters. The van der Waals surface area contributed by atoms with Crippen molar-refractivity contribution in [3.05, 3.63) is 48.2 Å². The molecule has 1 fully saturated rings. The van der Waals surface area contributed by atoms with Gasteiger partial charge < -0.3 is 25.6 Å². The Labute approximate surface area is 246 Å². The van der Waals surface area contributed by atoms with Crippen LogP contribution in [0.5, 0.6) is 0 Å². The van der Waals surface area contributed by atoms with Gasteiger partial charge in [0, 0.05) is 45.1 Å². The van der Waals surface area contributed by atoms with Gasteiger partial charge in [-0.25, -0.2) is 22.2 Å². The maximum absolute atomic E-state index is 13.5. The van der Waals surface area contributed by atoms with Gasteiger partial charge in [0.25, 0.3) is 18.8 Å². The zero-order valence-corrected chi connectivity index (χ0v) is 23.7. The fourth-order valence-corrected chi connectivity index (χ4v) is 5.70. The molecule has 240 valence electrons. The zero-order valence-electron chi connectivity index (χ0n) is 22.9. The molecule has 44 heavy (non-hydrogen) atoms. The van der Waals surface area contributed by atoms with Gasteiger partial charge in [0.05, 0.1) is 28.9 Å². The van der Waals surface area contributed by atoms with Gasteiger partial charge in [-0.2, -0.15) is 22.6 Å². The van der Waals surface area contributed by atoms with Crippen LogP contribution in [0.1, 0.15) is 16.3 Å². The summed E-state index contributed by atoms with van der Waals surface area (Å²) < 4.78 is 94.8. The van der Waals surface area contributed by atoms with Crippen LogP contribution in [-0.4, -0.2) is 99.5 Å². The van der Waals surface area contributed by atoms with Crippen LogP contribution in [0.2, 0.25) is 0 Å². The average Bonchev–Trinajstić information content (AvgIpc) is 3.56. The molecule has 0 aliphatic carbocycles. The highest BCUT2D eigenvalue weighted by Crippen LogP contribution is 2.36. The Morgan fingerprint density at radius 2 is 1.73 bits per heavy atom. The summed E-state index contributed by atoms with van der Waals surface area (Å²) in [6, 6.07) is 5.22. The van der Waals surface area contributed by atoms with E-state index in [1.165, 1.54) is 40.5 Å². The molecule has 0 radical (unpaired) electrons. The zero-order chi connectivity index (χ0) is 32.8. The molecule has 3 heterocycles. The molecule has 2 amide bonds. The minimum Gasteiger partial charge on any atom is -0.483 e. The molecule has 2 aromatic heterocycles. The Balaban J connectivity index is 0.00000169. The Morgan fingerprint density at radius 1 is 1.14 bits per heavy atom. The molecular weight excluding hydrogens is 623 g/mol. The number of nitrogens with zero attached hydrogens (tertiary/aromatic N) is 6. The maximum atomic E-state index is 13.5. The van der Waals surface area contributed by atoms with Crippen LogP contribution in [0.4, 0.5) is 27.6 Å². The van der Waals surface area contributed by atoms with E-state index in [-0.39, 0.29) is 67.2 Å². The fourth-order valence-electron chi connectivity index (χ4n) is 4.28. The number of imidazole rings is 1. The summed E-state index contributed by atoms with van der Waals surface area (Å²) >= 11 is 0. The summed E-state index contributed by atoms with van der Waals surface area (Å²) in [5.74, 6) is -1.38. The van der Waals surface area contributed by atoms with E-state index >= 15 is 0 Å². The molecule has 4 N–H and O–H groups in total. The second-order valence-corrected chi connectivity index (χ2v) is 11.0. The second-order valence-electron chi connectivity index (χ2n) is 9.10. The maximum Gasteiger partial charge on any atom is 0.435 e. The van der Waals surface area contributed by atoms with Crippen LogP contribution in [-0.2, 0) is 39.4 Å². The lowest BCUT2D eigenvalue weighted by Crippen LogP contribution is -2.51. The first-order chi connectivity index (χ1) is 20.6. The summed E-state index contributed by atoms with van der Waals surface area (Å²) in [6.45, 7) is -0.889. The number of amides is 2. The van der Waals surface area contributed by atoms with Gasteiger partial charge in [-0.1, -0.05) is 0 Å². The molecule has 1 aromatic carbocycles. The fraction of sp³-hybridized carbons (Fsp3) is 0.375. The summed E-state index contributed by atoms with van der Waals surface area (Å²) in [5.41, 5.74) is 3.41. The van der Waals surface area contributed by atoms with Crippen LogP contribution in [0, 0.1) is 0 Å². The second kappa shape index (κ2) is 13.9. The lowest BCUT2D eigenvalue weighted by molar-refractivity contribution is -0.141. The van der Waals surface area contributed by atoms with E-state index in [2.05, 4.69) is 15.4 Å². The SMILES string of the molecule is Cn1c(-c2cn(CC(F)F)nc2C(F)(F)F)cnc1C(=O)Nc1ccc(S(=O)(=O)N2CCN(C(=O)CN)CC2)cc1.O=CO.